The lowest BCUT2D eigenvalue weighted by Crippen LogP contribution is -2.43. The highest BCUT2D eigenvalue weighted by Crippen LogP contribution is 2.18. The van der Waals surface area contributed by atoms with Gasteiger partial charge in [0, 0.05) is 25.8 Å². The van der Waals surface area contributed by atoms with E-state index in [2.05, 4.69) is 26.1 Å². The molecule has 1 heterocycles. The molecule has 0 saturated carbocycles. The molecule has 0 bridgehead atoms. The summed E-state index contributed by atoms with van der Waals surface area (Å²) in [5, 5.41) is 13.2. The second-order valence-corrected chi connectivity index (χ2v) is 5.18. The number of aliphatic hydroxyl groups excluding tert-OH is 1. The van der Waals surface area contributed by atoms with Crippen LogP contribution >= 0.6 is 0 Å². The van der Waals surface area contributed by atoms with Crippen molar-refractivity contribution < 1.29 is 9.84 Å². The van der Waals surface area contributed by atoms with Crippen molar-refractivity contribution in [1.29, 1.82) is 0 Å². The average molecular weight is 201 g/mol. The Balaban J connectivity index is 2.19. The largest absolute Gasteiger partial charge is 0.391 e. The van der Waals surface area contributed by atoms with E-state index >= 15 is 0 Å². The average Bonchev–Trinajstić information content (AvgIpc) is 2.14. The quantitative estimate of drug-likeness (QED) is 0.720. The Kier molecular flexibility index (Phi) is 4.35. The van der Waals surface area contributed by atoms with E-state index in [1.165, 1.54) is 0 Å². The van der Waals surface area contributed by atoms with Crippen LogP contribution in [-0.4, -0.2) is 37.0 Å². The maximum atomic E-state index is 9.82. The molecule has 1 aliphatic rings. The molecule has 1 unspecified atom stereocenters. The zero-order valence-electron chi connectivity index (χ0n) is 9.55. The summed E-state index contributed by atoms with van der Waals surface area (Å²) in [6, 6.07) is 0.528. The van der Waals surface area contributed by atoms with Gasteiger partial charge in [0.15, 0.2) is 0 Å². The highest BCUT2D eigenvalue weighted by Gasteiger charge is 2.23. The molecule has 1 atom stereocenters. The maximum absolute atomic E-state index is 9.82. The molecular weight excluding hydrogens is 178 g/mol. The van der Waals surface area contributed by atoms with E-state index in [1.54, 1.807) is 0 Å². The molecule has 3 nitrogen and oxygen atoms in total. The molecular formula is C11H23NO2. The molecule has 1 fully saturated rings. The highest BCUT2D eigenvalue weighted by atomic mass is 16.5. The molecule has 0 radical (unpaired) electrons. The van der Waals surface area contributed by atoms with Crippen molar-refractivity contribution >= 4 is 0 Å². The summed E-state index contributed by atoms with van der Waals surface area (Å²) in [5.74, 6) is 0. The van der Waals surface area contributed by atoms with Gasteiger partial charge in [-0.05, 0) is 18.3 Å². The van der Waals surface area contributed by atoms with E-state index in [4.69, 9.17) is 4.74 Å². The van der Waals surface area contributed by atoms with E-state index in [0.29, 0.717) is 12.6 Å². The topological polar surface area (TPSA) is 41.5 Å². The summed E-state index contributed by atoms with van der Waals surface area (Å²) in [7, 11) is 0. The summed E-state index contributed by atoms with van der Waals surface area (Å²) in [6.07, 6.45) is 1.86. The Labute approximate surface area is 86.8 Å². The van der Waals surface area contributed by atoms with Gasteiger partial charge in [0.2, 0.25) is 0 Å². The Bertz CT molecular complexity index is 159. The summed E-state index contributed by atoms with van der Waals surface area (Å²) >= 11 is 0. The molecule has 14 heavy (non-hydrogen) atoms. The Morgan fingerprint density at radius 3 is 2.43 bits per heavy atom. The van der Waals surface area contributed by atoms with Gasteiger partial charge in [0.05, 0.1) is 6.10 Å². The highest BCUT2D eigenvalue weighted by molar-refractivity contribution is 4.78. The molecule has 2 N–H and O–H groups in total. The Hall–Kier alpha value is -0.120. The molecule has 0 spiro atoms. The van der Waals surface area contributed by atoms with Crippen LogP contribution < -0.4 is 5.32 Å². The number of hydrogen-bond donors (Lipinski definition) is 2. The van der Waals surface area contributed by atoms with E-state index in [1.807, 2.05) is 0 Å². The van der Waals surface area contributed by atoms with Gasteiger partial charge in [-0.2, -0.15) is 0 Å². The van der Waals surface area contributed by atoms with Crippen molar-refractivity contribution in [2.45, 2.75) is 45.8 Å². The normalized spacial score (nSPS) is 22.3. The van der Waals surface area contributed by atoms with Crippen LogP contribution in [0.15, 0.2) is 0 Å². The summed E-state index contributed by atoms with van der Waals surface area (Å²) in [6.45, 7) is 8.57. The number of nitrogens with one attached hydrogen (secondary N) is 1. The van der Waals surface area contributed by atoms with Gasteiger partial charge in [-0.15, -0.1) is 0 Å². The zero-order chi connectivity index (χ0) is 10.6. The second kappa shape index (κ2) is 5.10. The van der Waals surface area contributed by atoms with Crippen LogP contribution in [0.2, 0.25) is 0 Å². The number of rotatable bonds is 3. The fourth-order valence-corrected chi connectivity index (χ4v) is 1.49. The lowest BCUT2D eigenvalue weighted by atomic mass is 9.89. The first kappa shape index (κ1) is 12.0. The second-order valence-electron chi connectivity index (χ2n) is 5.18. The smallest absolute Gasteiger partial charge is 0.0712 e. The number of aliphatic hydroxyl groups is 1. The van der Waals surface area contributed by atoms with Crippen LogP contribution in [0.5, 0.6) is 0 Å². The minimum Gasteiger partial charge on any atom is -0.391 e. The lowest BCUT2D eigenvalue weighted by Gasteiger charge is -2.29. The molecule has 0 aromatic heterocycles. The van der Waals surface area contributed by atoms with Gasteiger partial charge < -0.3 is 15.2 Å². The van der Waals surface area contributed by atoms with Crippen LogP contribution in [-0.2, 0) is 4.74 Å². The molecule has 1 rings (SSSR count). The number of ether oxygens (including phenoxy) is 1. The minimum atomic E-state index is -0.273. The van der Waals surface area contributed by atoms with Crippen LogP contribution in [0.25, 0.3) is 0 Å². The van der Waals surface area contributed by atoms with Gasteiger partial charge in [0.1, 0.15) is 0 Å². The molecule has 0 aromatic rings. The first-order chi connectivity index (χ1) is 6.50. The van der Waals surface area contributed by atoms with Crippen molar-refractivity contribution in [2.75, 3.05) is 19.8 Å². The molecule has 3 heteroatoms. The summed E-state index contributed by atoms with van der Waals surface area (Å²) in [4.78, 5) is 0. The summed E-state index contributed by atoms with van der Waals surface area (Å²) < 4.78 is 5.27. The van der Waals surface area contributed by atoms with Crippen molar-refractivity contribution in [3.8, 4) is 0 Å². The molecule has 0 amide bonds. The lowest BCUT2D eigenvalue weighted by molar-refractivity contribution is 0.0452. The molecule has 1 saturated heterocycles. The van der Waals surface area contributed by atoms with Crippen LogP contribution in [0.4, 0.5) is 0 Å². The van der Waals surface area contributed by atoms with Gasteiger partial charge in [-0.25, -0.2) is 0 Å². The van der Waals surface area contributed by atoms with Crippen molar-refractivity contribution in [2.24, 2.45) is 5.41 Å². The third kappa shape index (κ3) is 3.95. The van der Waals surface area contributed by atoms with Crippen LogP contribution in [0.3, 0.4) is 0 Å². The van der Waals surface area contributed by atoms with Crippen LogP contribution in [0, 0.1) is 5.41 Å². The first-order valence-electron chi connectivity index (χ1n) is 5.49. The van der Waals surface area contributed by atoms with E-state index in [0.717, 1.165) is 26.1 Å². The third-order valence-electron chi connectivity index (χ3n) is 2.82. The third-order valence-corrected chi connectivity index (χ3v) is 2.82. The van der Waals surface area contributed by atoms with Gasteiger partial charge in [0.25, 0.3) is 0 Å². The Morgan fingerprint density at radius 1 is 1.36 bits per heavy atom. The molecule has 0 aromatic carbocycles. The summed E-state index contributed by atoms with van der Waals surface area (Å²) in [5.41, 5.74) is -0.0296. The van der Waals surface area contributed by atoms with Crippen molar-refractivity contribution in [3.63, 3.8) is 0 Å². The SMILES string of the molecule is CC(C)(C)C(O)CNC1CCOCC1. The van der Waals surface area contributed by atoms with Gasteiger partial charge in [-0.1, -0.05) is 20.8 Å². The standard InChI is InChI=1S/C11H23NO2/c1-11(2,3)10(13)8-12-9-4-6-14-7-5-9/h9-10,12-13H,4-8H2,1-3H3. The van der Waals surface area contributed by atoms with E-state index in [9.17, 15) is 5.11 Å². The maximum Gasteiger partial charge on any atom is 0.0712 e. The fraction of sp³-hybridized carbons (Fsp3) is 1.00. The molecule has 84 valence electrons. The van der Waals surface area contributed by atoms with Gasteiger partial charge in [-0.3, -0.25) is 0 Å². The fourth-order valence-electron chi connectivity index (χ4n) is 1.49. The zero-order valence-corrected chi connectivity index (χ0v) is 9.55. The molecule has 0 aliphatic carbocycles. The van der Waals surface area contributed by atoms with Gasteiger partial charge >= 0.3 is 0 Å². The molecule has 1 aliphatic heterocycles. The van der Waals surface area contributed by atoms with E-state index in [-0.39, 0.29) is 11.5 Å². The minimum absolute atomic E-state index is 0.0296. The first-order valence-corrected chi connectivity index (χ1v) is 5.49. The Morgan fingerprint density at radius 2 is 1.93 bits per heavy atom. The van der Waals surface area contributed by atoms with Crippen molar-refractivity contribution in [3.05, 3.63) is 0 Å². The van der Waals surface area contributed by atoms with Crippen molar-refractivity contribution in [1.82, 2.24) is 5.32 Å². The van der Waals surface area contributed by atoms with Crippen LogP contribution in [0.1, 0.15) is 33.6 Å². The van der Waals surface area contributed by atoms with E-state index < -0.39 is 0 Å². The predicted molar refractivity (Wildman–Crippen MR) is 57.3 cm³/mol. The predicted octanol–water partition coefficient (Wildman–Crippen LogP) is 1.16. The number of hydrogen-bond acceptors (Lipinski definition) is 3. The monoisotopic (exact) mass is 201 g/mol.